The lowest BCUT2D eigenvalue weighted by Gasteiger charge is -2.36. The number of carbonyl (C=O) groups is 1. The summed E-state index contributed by atoms with van der Waals surface area (Å²) < 4.78 is 35.5. The van der Waals surface area contributed by atoms with Crippen molar-refractivity contribution in [3.8, 4) is 0 Å². The first-order chi connectivity index (χ1) is 12.0. The number of carbonyl (C=O) groups excluding carboxylic acids is 1. The van der Waals surface area contributed by atoms with Gasteiger partial charge in [0.1, 0.15) is 15.9 Å². The summed E-state index contributed by atoms with van der Waals surface area (Å²) in [5.41, 5.74) is 1.98. The first-order valence-corrected chi connectivity index (χ1v) is 9.69. The largest absolute Gasteiger partial charge is 0.548 e. The van der Waals surface area contributed by atoms with E-state index in [9.17, 15) is 18.3 Å². The van der Waals surface area contributed by atoms with Crippen LogP contribution in [-0.4, -0.2) is 34.0 Å². The van der Waals surface area contributed by atoms with Crippen LogP contribution in [0, 0.1) is 0 Å². The van der Waals surface area contributed by atoms with Gasteiger partial charge in [-0.2, -0.15) is 13.1 Å². The van der Waals surface area contributed by atoms with Gasteiger partial charge in [-0.15, -0.1) is 0 Å². The van der Waals surface area contributed by atoms with Crippen molar-refractivity contribution >= 4 is 38.8 Å². The highest BCUT2D eigenvalue weighted by Crippen LogP contribution is 2.35. The molecule has 25 heavy (non-hydrogen) atoms. The number of carboxylic acids is 1. The van der Waals surface area contributed by atoms with Crippen LogP contribution in [0.15, 0.2) is 47.4 Å². The SMILES string of the molecule is O=C([O-])[C@H]1c2ccccc2CCN1S(=O)(=O)c1cccc2nsnc12. The molecular formula is C16H12N3O4S2-. The van der Waals surface area contributed by atoms with E-state index in [0.717, 1.165) is 21.6 Å². The monoisotopic (exact) mass is 374 g/mol. The van der Waals surface area contributed by atoms with Crippen molar-refractivity contribution in [2.45, 2.75) is 17.4 Å². The Balaban J connectivity index is 1.88. The highest BCUT2D eigenvalue weighted by atomic mass is 32.2. The summed E-state index contributed by atoms with van der Waals surface area (Å²) in [6.45, 7) is 0.0615. The zero-order chi connectivity index (χ0) is 17.6. The van der Waals surface area contributed by atoms with E-state index in [0.29, 0.717) is 17.5 Å². The van der Waals surface area contributed by atoms with Gasteiger partial charge in [0.2, 0.25) is 10.0 Å². The lowest BCUT2D eigenvalue weighted by atomic mass is 9.94. The van der Waals surface area contributed by atoms with Crippen LogP contribution in [0.25, 0.3) is 11.0 Å². The molecule has 0 radical (unpaired) electrons. The Morgan fingerprint density at radius 1 is 1.16 bits per heavy atom. The number of carboxylic acid groups (broad SMARTS) is 1. The van der Waals surface area contributed by atoms with Crippen LogP contribution in [0.4, 0.5) is 0 Å². The fraction of sp³-hybridized carbons (Fsp3) is 0.188. The number of aliphatic carboxylic acids is 1. The minimum atomic E-state index is -4.08. The highest BCUT2D eigenvalue weighted by molar-refractivity contribution is 7.89. The third-order valence-corrected chi connectivity index (χ3v) is 6.74. The third kappa shape index (κ3) is 2.51. The molecule has 128 valence electrons. The molecule has 1 atom stereocenters. The van der Waals surface area contributed by atoms with Crippen LogP contribution in [-0.2, 0) is 21.2 Å². The average Bonchev–Trinajstić information content (AvgIpc) is 3.09. The second kappa shape index (κ2) is 5.87. The molecule has 7 nitrogen and oxygen atoms in total. The van der Waals surface area contributed by atoms with Crippen molar-refractivity contribution in [2.75, 3.05) is 6.54 Å². The minimum absolute atomic E-state index is 0.0376. The molecule has 9 heteroatoms. The van der Waals surface area contributed by atoms with E-state index >= 15 is 0 Å². The number of sulfonamides is 1. The van der Waals surface area contributed by atoms with E-state index in [-0.39, 0.29) is 17.0 Å². The van der Waals surface area contributed by atoms with Crippen LogP contribution in [0.1, 0.15) is 17.2 Å². The molecule has 2 aromatic carbocycles. The normalized spacial score (nSPS) is 18.2. The lowest BCUT2D eigenvalue weighted by Crippen LogP contribution is -2.48. The molecule has 1 aliphatic heterocycles. The Morgan fingerprint density at radius 3 is 2.76 bits per heavy atom. The molecule has 0 saturated carbocycles. The predicted octanol–water partition coefficient (Wildman–Crippen LogP) is 0.729. The fourth-order valence-corrected chi connectivity index (χ4v) is 5.48. The van der Waals surface area contributed by atoms with Gasteiger partial charge in [-0.1, -0.05) is 30.3 Å². The number of fused-ring (bicyclic) bond motifs is 2. The molecule has 0 spiro atoms. The van der Waals surface area contributed by atoms with Crippen molar-refractivity contribution < 1.29 is 18.3 Å². The number of aromatic nitrogens is 2. The van der Waals surface area contributed by atoms with E-state index in [4.69, 9.17) is 0 Å². The van der Waals surface area contributed by atoms with Gasteiger partial charge in [0.05, 0.1) is 23.7 Å². The van der Waals surface area contributed by atoms with Gasteiger partial charge >= 0.3 is 0 Å². The number of rotatable bonds is 3. The molecule has 0 N–H and O–H groups in total. The first kappa shape index (κ1) is 16.1. The van der Waals surface area contributed by atoms with Crippen LogP contribution in [0.5, 0.6) is 0 Å². The van der Waals surface area contributed by atoms with Gasteiger partial charge in [0, 0.05) is 6.54 Å². The molecule has 0 aliphatic carbocycles. The lowest BCUT2D eigenvalue weighted by molar-refractivity contribution is -0.311. The van der Waals surface area contributed by atoms with Crippen molar-refractivity contribution in [2.24, 2.45) is 0 Å². The van der Waals surface area contributed by atoms with Crippen molar-refractivity contribution in [3.05, 3.63) is 53.6 Å². The molecular weight excluding hydrogens is 362 g/mol. The summed E-state index contributed by atoms with van der Waals surface area (Å²) in [7, 11) is -4.08. The molecule has 4 rings (SSSR count). The smallest absolute Gasteiger partial charge is 0.246 e. The van der Waals surface area contributed by atoms with E-state index in [2.05, 4.69) is 8.75 Å². The predicted molar refractivity (Wildman–Crippen MR) is 89.2 cm³/mol. The van der Waals surface area contributed by atoms with Crippen LogP contribution in [0.3, 0.4) is 0 Å². The van der Waals surface area contributed by atoms with Gasteiger partial charge in [0.15, 0.2) is 0 Å². The summed E-state index contributed by atoms with van der Waals surface area (Å²) in [5, 5.41) is 11.8. The summed E-state index contributed by atoms with van der Waals surface area (Å²) in [4.78, 5) is 11.7. The van der Waals surface area contributed by atoms with E-state index in [1.807, 2.05) is 0 Å². The maximum atomic E-state index is 13.2. The zero-order valence-corrected chi connectivity index (χ0v) is 14.5. The molecule has 3 aromatic rings. The molecule has 2 heterocycles. The topological polar surface area (TPSA) is 103 Å². The van der Waals surface area contributed by atoms with E-state index in [1.165, 1.54) is 6.07 Å². The number of nitrogens with zero attached hydrogens (tertiary/aromatic N) is 3. The molecule has 0 fully saturated rings. The third-order valence-electron chi connectivity index (χ3n) is 4.30. The summed E-state index contributed by atoms with van der Waals surface area (Å²) in [5.74, 6) is -1.45. The first-order valence-electron chi connectivity index (χ1n) is 7.52. The summed E-state index contributed by atoms with van der Waals surface area (Å²) in [6, 6.07) is 10.2. The van der Waals surface area contributed by atoms with Gasteiger partial charge in [-0.3, -0.25) is 0 Å². The van der Waals surface area contributed by atoms with Crippen molar-refractivity contribution in [1.82, 2.24) is 13.1 Å². The van der Waals surface area contributed by atoms with Crippen LogP contribution in [0.2, 0.25) is 0 Å². The molecule has 1 aliphatic rings. The summed E-state index contributed by atoms with van der Waals surface area (Å²) >= 11 is 0.914. The number of hydrogen-bond acceptors (Lipinski definition) is 7. The zero-order valence-electron chi connectivity index (χ0n) is 12.8. The van der Waals surface area contributed by atoms with Crippen molar-refractivity contribution in [1.29, 1.82) is 0 Å². The van der Waals surface area contributed by atoms with E-state index < -0.39 is 22.0 Å². The minimum Gasteiger partial charge on any atom is -0.548 e. The Bertz CT molecular complexity index is 1080. The van der Waals surface area contributed by atoms with Crippen molar-refractivity contribution in [3.63, 3.8) is 0 Å². The standard InChI is InChI=1S/C16H13N3O4S2/c20-16(21)15-11-5-2-1-4-10(11)8-9-19(15)25(22,23)13-7-3-6-12-14(13)18-24-17-12/h1-7,15H,8-9H2,(H,20,21)/p-1/t15-/m1/s1. The maximum Gasteiger partial charge on any atom is 0.246 e. The van der Waals surface area contributed by atoms with Gasteiger partial charge in [0.25, 0.3) is 0 Å². The fourth-order valence-electron chi connectivity index (χ4n) is 3.16. The number of benzene rings is 2. The summed E-state index contributed by atoms with van der Waals surface area (Å²) in [6.07, 6.45) is 0.435. The Morgan fingerprint density at radius 2 is 1.96 bits per heavy atom. The van der Waals surface area contributed by atoms with Crippen LogP contribution < -0.4 is 5.11 Å². The molecule has 1 aromatic heterocycles. The quantitative estimate of drug-likeness (QED) is 0.669. The highest BCUT2D eigenvalue weighted by Gasteiger charge is 2.38. The molecule has 0 bridgehead atoms. The Hall–Kier alpha value is -2.36. The van der Waals surface area contributed by atoms with Gasteiger partial charge in [-0.05, 0) is 29.7 Å². The second-order valence-electron chi connectivity index (χ2n) is 5.67. The van der Waals surface area contributed by atoms with Gasteiger partial charge < -0.3 is 9.90 Å². The second-order valence-corrected chi connectivity index (χ2v) is 8.06. The van der Waals surface area contributed by atoms with E-state index in [1.54, 1.807) is 36.4 Å². The maximum absolute atomic E-state index is 13.2. The molecule has 0 amide bonds. The Kier molecular flexibility index (Phi) is 3.78. The number of hydrogen-bond donors (Lipinski definition) is 0. The van der Waals surface area contributed by atoms with Crippen LogP contribution >= 0.6 is 11.7 Å². The Labute approximate surface area is 147 Å². The molecule has 0 saturated heterocycles. The average molecular weight is 374 g/mol. The molecule has 0 unspecified atom stereocenters. The van der Waals surface area contributed by atoms with Gasteiger partial charge in [-0.25, -0.2) is 8.42 Å².